The van der Waals surface area contributed by atoms with E-state index in [4.69, 9.17) is 0 Å². The van der Waals surface area contributed by atoms with Crippen molar-refractivity contribution in [3.63, 3.8) is 0 Å². The van der Waals surface area contributed by atoms with Crippen LogP contribution in [0.15, 0.2) is 24.3 Å². The van der Waals surface area contributed by atoms with E-state index in [1.54, 1.807) is 0 Å². The van der Waals surface area contributed by atoms with Crippen LogP contribution in [0.25, 0.3) is 0 Å². The average molecular weight is 249 g/mol. The summed E-state index contributed by atoms with van der Waals surface area (Å²) in [7, 11) is 3.98. The van der Waals surface area contributed by atoms with Gasteiger partial charge < -0.3 is 10.0 Å². The van der Waals surface area contributed by atoms with Crippen LogP contribution in [0.4, 0.5) is 5.69 Å². The van der Waals surface area contributed by atoms with Gasteiger partial charge in [-0.25, -0.2) is 0 Å². The maximum Gasteiger partial charge on any atom is 0.307 e. The Balaban J connectivity index is 2.85. The third kappa shape index (κ3) is 3.76. The lowest BCUT2D eigenvalue weighted by Gasteiger charge is -2.27. The molecule has 1 N–H and O–H groups in total. The largest absolute Gasteiger partial charge is 0.481 e. The Hall–Kier alpha value is -1.51. The second-order valence-corrected chi connectivity index (χ2v) is 6.02. The SMILES string of the molecule is CN(C)c1ccc(CC(C(=O)O)C(C)(C)C)cc1. The van der Waals surface area contributed by atoms with Gasteiger partial charge >= 0.3 is 5.97 Å². The van der Waals surface area contributed by atoms with Crippen molar-refractivity contribution in [2.75, 3.05) is 19.0 Å². The number of benzene rings is 1. The number of nitrogens with zero attached hydrogens (tertiary/aromatic N) is 1. The molecular weight excluding hydrogens is 226 g/mol. The second kappa shape index (κ2) is 5.42. The van der Waals surface area contributed by atoms with Gasteiger partial charge in [-0.1, -0.05) is 32.9 Å². The van der Waals surface area contributed by atoms with E-state index >= 15 is 0 Å². The molecule has 1 unspecified atom stereocenters. The molecule has 1 atom stereocenters. The monoisotopic (exact) mass is 249 g/mol. The van der Waals surface area contributed by atoms with Gasteiger partial charge in [0.25, 0.3) is 0 Å². The van der Waals surface area contributed by atoms with Crippen molar-refractivity contribution >= 4 is 11.7 Å². The van der Waals surface area contributed by atoms with Crippen LogP contribution in [0.5, 0.6) is 0 Å². The number of carbonyl (C=O) groups is 1. The van der Waals surface area contributed by atoms with Crippen molar-refractivity contribution in [1.82, 2.24) is 0 Å². The van der Waals surface area contributed by atoms with E-state index in [9.17, 15) is 9.90 Å². The lowest BCUT2D eigenvalue weighted by molar-refractivity contribution is -0.145. The number of anilines is 1. The summed E-state index contributed by atoms with van der Waals surface area (Å²) in [5.74, 6) is -1.08. The van der Waals surface area contributed by atoms with Gasteiger partial charge in [-0.3, -0.25) is 4.79 Å². The van der Waals surface area contributed by atoms with Gasteiger partial charge in [0, 0.05) is 19.8 Å². The summed E-state index contributed by atoms with van der Waals surface area (Å²) in [6, 6.07) is 8.07. The Bertz CT molecular complexity index is 401. The molecule has 0 heterocycles. The maximum absolute atomic E-state index is 11.3. The normalized spacial score (nSPS) is 13.2. The summed E-state index contributed by atoms with van der Waals surface area (Å²) in [5, 5.41) is 9.30. The summed E-state index contributed by atoms with van der Waals surface area (Å²) in [5.41, 5.74) is 1.97. The van der Waals surface area contributed by atoms with E-state index in [0.29, 0.717) is 6.42 Å². The summed E-state index contributed by atoms with van der Waals surface area (Å²) < 4.78 is 0. The highest BCUT2D eigenvalue weighted by Gasteiger charge is 2.31. The average Bonchev–Trinajstić information content (AvgIpc) is 2.24. The van der Waals surface area contributed by atoms with E-state index in [1.807, 2.05) is 64.0 Å². The highest BCUT2D eigenvalue weighted by Crippen LogP contribution is 2.29. The zero-order chi connectivity index (χ0) is 13.9. The number of hydrogen-bond donors (Lipinski definition) is 1. The number of carboxylic acid groups (broad SMARTS) is 1. The fraction of sp³-hybridized carbons (Fsp3) is 0.533. The Morgan fingerprint density at radius 2 is 1.72 bits per heavy atom. The predicted octanol–water partition coefficient (Wildman–Crippen LogP) is 3.04. The minimum atomic E-state index is -0.723. The van der Waals surface area contributed by atoms with Gasteiger partial charge in [-0.15, -0.1) is 0 Å². The number of carboxylic acids is 1. The highest BCUT2D eigenvalue weighted by atomic mass is 16.4. The summed E-state index contributed by atoms with van der Waals surface area (Å²) in [6.45, 7) is 5.92. The van der Waals surface area contributed by atoms with Gasteiger partial charge in [0.2, 0.25) is 0 Å². The fourth-order valence-corrected chi connectivity index (χ4v) is 1.93. The molecule has 1 rings (SSSR count). The van der Waals surface area contributed by atoms with Gasteiger partial charge in [0.15, 0.2) is 0 Å². The molecule has 0 bridgehead atoms. The Morgan fingerprint density at radius 1 is 1.22 bits per heavy atom. The van der Waals surface area contributed by atoms with Gasteiger partial charge in [0.1, 0.15) is 0 Å². The first-order valence-electron chi connectivity index (χ1n) is 6.21. The van der Waals surface area contributed by atoms with Gasteiger partial charge in [-0.05, 0) is 29.5 Å². The van der Waals surface area contributed by atoms with Crippen LogP contribution in [-0.2, 0) is 11.2 Å². The number of rotatable bonds is 4. The Kier molecular flexibility index (Phi) is 4.38. The molecule has 100 valence electrons. The van der Waals surface area contributed by atoms with Crippen molar-refractivity contribution in [2.24, 2.45) is 11.3 Å². The smallest absolute Gasteiger partial charge is 0.307 e. The molecule has 0 aliphatic carbocycles. The van der Waals surface area contributed by atoms with Gasteiger partial charge in [0.05, 0.1) is 5.92 Å². The molecule has 0 aliphatic rings. The molecule has 0 radical (unpaired) electrons. The maximum atomic E-state index is 11.3. The van der Waals surface area contributed by atoms with Crippen LogP contribution in [0.1, 0.15) is 26.3 Å². The van der Waals surface area contributed by atoms with Gasteiger partial charge in [-0.2, -0.15) is 0 Å². The first-order valence-corrected chi connectivity index (χ1v) is 6.21. The molecule has 0 spiro atoms. The highest BCUT2D eigenvalue weighted by molar-refractivity contribution is 5.71. The first kappa shape index (κ1) is 14.6. The minimum absolute atomic E-state index is 0.230. The van der Waals surface area contributed by atoms with Crippen molar-refractivity contribution in [3.05, 3.63) is 29.8 Å². The lowest BCUT2D eigenvalue weighted by atomic mass is 9.77. The van der Waals surface area contributed by atoms with E-state index in [-0.39, 0.29) is 11.3 Å². The van der Waals surface area contributed by atoms with Crippen LogP contribution in [0.2, 0.25) is 0 Å². The third-order valence-corrected chi connectivity index (χ3v) is 3.24. The topological polar surface area (TPSA) is 40.5 Å². The Morgan fingerprint density at radius 3 is 2.06 bits per heavy atom. The Labute approximate surface area is 109 Å². The molecule has 18 heavy (non-hydrogen) atoms. The lowest BCUT2D eigenvalue weighted by Crippen LogP contribution is -2.30. The molecule has 1 aromatic rings. The summed E-state index contributed by atoms with van der Waals surface area (Å²) in [4.78, 5) is 13.3. The van der Waals surface area contributed by atoms with Crippen LogP contribution < -0.4 is 4.90 Å². The summed E-state index contributed by atoms with van der Waals surface area (Å²) >= 11 is 0. The second-order valence-electron chi connectivity index (χ2n) is 6.02. The zero-order valence-corrected chi connectivity index (χ0v) is 11.9. The van der Waals surface area contributed by atoms with Crippen molar-refractivity contribution < 1.29 is 9.90 Å². The van der Waals surface area contributed by atoms with Crippen molar-refractivity contribution in [3.8, 4) is 0 Å². The third-order valence-electron chi connectivity index (χ3n) is 3.24. The molecule has 0 aliphatic heterocycles. The van der Waals surface area contributed by atoms with E-state index in [0.717, 1.165) is 11.3 Å². The van der Waals surface area contributed by atoms with E-state index in [1.165, 1.54) is 0 Å². The number of hydrogen-bond acceptors (Lipinski definition) is 2. The first-order chi connectivity index (χ1) is 8.21. The minimum Gasteiger partial charge on any atom is -0.481 e. The quantitative estimate of drug-likeness (QED) is 0.891. The molecule has 3 heteroatoms. The van der Waals surface area contributed by atoms with Crippen LogP contribution in [-0.4, -0.2) is 25.2 Å². The van der Waals surface area contributed by atoms with Crippen LogP contribution >= 0.6 is 0 Å². The molecule has 0 amide bonds. The predicted molar refractivity (Wildman–Crippen MR) is 75.1 cm³/mol. The molecule has 0 aromatic heterocycles. The fourth-order valence-electron chi connectivity index (χ4n) is 1.93. The van der Waals surface area contributed by atoms with Crippen molar-refractivity contribution in [1.29, 1.82) is 0 Å². The molecule has 0 saturated heterocycles. The number of aliphatic carboxylic acids is 1. The molecule has 0 saturated carbocycles. The van der Waals surface area contributed by atoms with Crippen molar-refractivity contribution in [2.45, 2.75) is 27.2 Å². The zero-order valence-electron chi connectivity index (χ0n) is 11.9. The molecule has 1 aromatic carbocycles. The standard InChI is InChI=1S/C15H23NO2/c1-15(2,3)13(14(17)18)10-11-6-8-12(9-7-11)16(4)5/h6-9,13H,10H2,1-5H3,(H,17,18). The van der Waals surface area contributed by atoms with Crippen LogP contribution in [0, 0.1) is 11.3 Å². The van der Waals surface area contributed by atoms with E-state index < -0.39 is 5.97 Å². The molecule has 3 nitrogen and oxygen atoms in total. The molecule has 0 fully saturated rings. The van der Waals surface area contributed by atoms with E-state index in [2.05, 4.69) is 0 Å². The summed E-state index contributed by atoms with van der Waals surface area (Å²) in [6.07, 6.45) is 0.576. The molecular formula is C15H23NO2. The van der Waals surface area contributed by atoms with Crippen LogP contribution in [0.3, 0.4) is 0 Å².